The summed E-state index contributed by atoms with van der Waals surface area (Å²) >= 11 is 0. The van der Waals surface area contributed by atoms with Crippen LogP contribution in [0.5, 0.6) is 11.5 Å². The molecule has 3 aromatic carbocycles. The Bertz CT molecular complexity index is 2140. The number of aromatic nitrogens is 3. The fraction of sp³-hybridized carbons (Fsp3) is 0.261. The number of para-hydroxylation sites is 1. The molecule has 286 valence electrons. The van der Waals surface area contributed by atoms with Crippen molar-refractivity contribution in [2.45, 2.75) is 61.3 Å². The Labute approximate surface area is 327 Å². The summed E-state index contributed by atoms with van der Waals surface area (Å²) in [6, 6.07) is 25.1. The molecule has 0 spiro atoms. The number of nitrogens with two attached hydrogens (primary N) is 1. The van der Waals surface area contributed by atoms with Crippen LogP contribution >= 0.6 is 0 Å². The second-order valence-electron chi connectivity index (χ2n) is 12.6. The molecule has 0 aliphatic carbocycles. The SMILES string of the molecule is C=C(CC)/C(C(=C)c1ccc(C#CCOc2cc(Nc3nccc(Nc4cnc5ccccc5c4)n3)ccc2OC)cc1)=C(N)\N=C/CC.CC.CC(C)C. The van der Waals surface area contributed by atoms with Crippen LogP contribution in [0, 0.1) is 17.8 Å². The standard InChI is InChI=1S/C40H39N7O2.C4H10.C2H6/c1-6-21-42-39(41)38(27(3)7-2)28(4)30-16-14-29(15-17-30)11-10-23-49-36-25-32(18-19-35(36)48-5)46-40-43-22-20-37(47-40)45-33-24-31-12-8-9-13-34(31)44-26-33;1-4(2)3;1-2/h8-9,12-22,24-26H,3-4,6-7,23,41H2,1-2,5H3,(H2,43,45,46,47);4H,1-3H3;1-2H3/b39-38+,42-21-;;. The van der Waals surface area contributed by atoms with E-state index in [0.29, 0.717) is 29.1 Å². The van der Waals surface area contributed by atoms with Crippen molar-refractivity contribution in [2.24, 2.45) is 16.6 Å². The average molecular weight is 738 g/mol. The summed E-state index contributed by atoms with van der Waals surface area (Å²) in [5.41, 5.74) is 13.0. The van der Waals surface area contributed by atoms with Gasteiger partial charge in [-0.2, -0.15) is 4.98 Å². The average Bonchev–Trinajstić information content (AvgIpc) is 3.19. The molecule has 0 aliphatic rings. The number of hydrogen-bond donors (Lipinski definition) is 3. The molecular formula is C46H55N7O2. The molecule has 0 fully saturated rings. The van der Waals surface area contributed by atoms with Gasteiger partial charge in [-0.3, -0.25) is 4.98 Å². The maximum atomic E-state index is 6.29. The summed E-state index contributed by atoms with van der Waals surface area (Å²) in [5, 5.41) is 7.57. The van der Waals surface area contributed by atoms with E-state index in [1.807, 2.05) is 100 Å². The number of anilines is 4. The number of pyridine rings is 1. The van der Waals surface area contributed by atoms with Gasteiger partial charge in [-0.1, -0.05) is 104 Å². The summed E-state index contributed by atoms with van der Waals surface area (Å²) in [6.07, 6.45) is 6.78. The van der Waals surface area contributed by atoms with E-state index in [0.717, 1.165) is 68.9 Å². The van der Waals surface area contributed by atoms with E-state index >= 15 is 0 Å². The minimum absolute atomic E-state index is 0.152. The molecule has 0 amide bonds. The van der Waals surface area contributed by atoms with Gasteiger partial charge >= 0.3 is 0 Å². The van der Waals surface area contributed by atoms with Crippen LogP contribution < -0.4 is 25.8 Å². The second-order valence-corrected chi connectivity index (χ2v) is 12.6. The predicted molar refractivity (Wildman–Crippen MR) is 232 cm³/mol. The monoisotopic (exact) mass is 737 g/mol. The van der Waals surface area contributed by atoms with Gasteiger partial charge in [0, 0.05) is 40.7 Å². The molecule has 0 atom stereocenters. The number of allylic oxidation sites excluding steroid dienone is 3. The van der Waals surface area contributed by atoms with E-state index in [-0.39, 0.29) is 6.61 Å². The highest BCUT2D eigenvalue weighted by Gasteiger charge is 2.13. The zero-order valence-electron chi connectivity index (χ0n) is 33.5. The summed E-state index contributed by atoms with van der Waals surface area (Å²) < 4.78 is 11.5. The van der Waals surface area contributed by atoms with Crippen molar-refractivity contribution >= 4 is 45.8 Å². The van der Waals surface area contributed by atoms with Crippen LogP contribution in [0.25, 0.3) is 16.5 Å². The van der Waals surface area contributed by atoms with Crippen molar-refractivity contribution in [3.05, 3.63) is 133 Å². The molecule has 2 heterocycles. The molecule has 4 N–H and O–H groups in total. The topological polar surface area (TPSA) is 120 Å². The van der Waals surface area contributed by atoms with E-state index in [2.05, 4.69) is 76.3 Å². The Morgan fingerprint density at radius 1 is 0.909 bits per heavy atom. The number of fused-ring (bicyclic) bond motifs is 1. The minimum Gasteiger partial charge on any atom is -0.493 e. The Morgan fingerprint density at radius 2 is 1.64 bits per heavy atom. The number of rotatable bonds is 13. The molecule has 0 bridgehead atoms. The van der Waals surface area contributed by atoms with Crippen molar-refractivity contribution in [1.82, 2.24) is 15.0 Å². The number of aliphatic imine (C=N–C) groups is 1. The van der Waals surface area contributed by atoms with Gasteiger partial charge in [0.25, 0.3) is 0 Å². The predicted octanol–water partition coefficient (Wildman–Crippen LogP) is 11.3. The third-order valence-corrected chi connectivity index (χ3v) is 7.46. The molecule has 55 heavy (non-hydrogen) atoms. The molecule has 5 rings (SSSR count). The highest BCUT2D eigenvalue weighted by Crippen LogP contribution is 2.32. The normalized spacial score (nSPS) is 10.9. The quantitative estimate of drug-likeness (QED) is 0.0620. The molecule has 0 saturated carbocycles. The van der Waals surface area contributed by atoms with Crippen LogP contribution in [0.3, 0.4) is 0 Å². The first-order valence-corrected chi connectivity index (χ1v) is 18.6. The van der Waals surface area contributed by atoms with Gasteiger partial charge in [0.2, 0.25) is 5.95 Å². The van der Waals surface area contributed by atoms with Gasteiger partial charge in [-0.15, -0.1) is 0 Å². The fourth-order valence-corrected chi connectivity index (χ4v) is 4.90. The molecule has 0 aliphatic heterocycles. The lowest BCUT2D eigenvalue weighted by Gasteiger charge is -2.14. The van der Waals surface area contributed by atoms with Crippen LogP contribution in [-0.4, -0.2) is 34.9 Å². The molecular weight excluding hydrogens is 683 g/mol. The van der Waals surface area contributed by atoms with Crippen LogP contribution in [0.15, 0.2) is 126 Å². The maximum absolute atomic E-state index is 6.29. The molecule has 0 saturated heterocycles. The summed E-state index contributed by atoms with van der Waals surface area (Å²) in [7, 11) is 1.59. The Balaban J connectivity index is 0.00000127. The third kappa shape index (κ3) is 13.5. The lowest BCUT2D eigenvalue weighted by Crippen LogP contribution is -2.04. The molecule has 2 aromatic heterocycles. The zero-order valence-corrected chi connectivity index (χ0v) is 33.5. The van der Waals surface area contributed by atoms with Crippen LogP contribution in [0.2, 0.25) is 0 Å². The Hall–Kier alpha value is -6.40. The molecule has 5 aromatic rings. The van der Waals surface area contributed by atoms with Crippen LogP contribution in [-0.2, 0) is 0 Å². The number of nitrogens with zero attached hydrogens (tertiary/aromatic N) is 4. The smallest absolute Gasteiger partial charge is 0.229 e. The summed E-state index contributed by atoms with van der Waals surface area (Å²) in [6.45, 7) is 23.2. The lowest BCUT2D eigenvalue weighted by molar-refractivity contribution is 0.331. The van der Waals surface area contributed by atoms with Gasteiger partial charge < -0.3 is 25.8 Å². The number of ether oxygens (including phenoxy) is 2. The van der Waals surface area contributed by atoms with Crippen molar-refractivity contribution in [1.29, 1.82) is 0 Å². The largest absolute Gasteiger partial charge is 0.493 e. The van der Waals surface area contributed by atoms with Crippen molar-refractivity contribution in [3.63, 3.8) is 0 Å². The summed E-state index contributed by atoms with van der Waals surface area (Å²) in [4.78, 5) is 17.8. The first-order valence-electron chi connectivity index (χ1n) is 18.6. The number of methoxy groups -OCH3 is 1. The van der Waals surface area contributed by atoms with E-state index in [9.17, 15) is 0 Å². The maximum Gasteiger partial charge on any atom is 0.229 e. The van der Waals surface area contributed by atoms with E-state index in [1.165, 1.54) is 0 Å². The zero-order chi connectivity index (χ0) is 40.2. The molecule has 9 nitrogen and oxygen atoms in total. The van der Waals surface area contributed by atoms with Crippen molar-refractivity contribution < 1.29 is 9.47 Å². The van der Waals surface area contributed by atoms with Gasteiger partial charge in [-0.25, -0.2) is 9.98 Å². The number of nitrogens with one attached hydrogen (secondary N) is 2. The lowest BCUT2D eigenvalue weighted by atomic mass is 9.92. The van der Waals surface area contributed by atoms with Crippen LogP contribution in [0.4, 0.5) is 23.1 Å². The van der Waals surface area contributed by atoms with Gasteiger partial charge in [0.15, 0.2) is 11.5 Å². The first kappa shape index (κ1) is 43.0. The second kappa shape index (κ2) is 22.6. The van der Waals surface area contributed by atoms with Crippen molar-refractivity contribution in [2.75, 3.05) is 24.4 Å². The van der Waals surface area contributed by atoms with Gasteiger partial charge in [0.05, 0.1) is 24.5 Å². The molecule has 0 radical (unpaired) electrons. The highest BCUT2D eigenvalue weighted by molar-refractivity contribution is 5.84. The Morgan fingerprint density at radius 3 is 2.33 bits per heavy atom. The van der Waals surface area contributed by atoms with E-state index in [1.54, 1.807) is 31.8 Å². The van der Waals surface area contributed by atoms with E-state index < -0.39 is 0 Å². The van der Waals surface area contributed by atoms with Gasteiger partial charge in [-0.05, 0) is 77.9 Å². The Kier molecular flexibility index (Phi) is 17.7. The van der Waals surface area contributed by atoms with Crippen molar-refractivity contribution in [3.8, 4) is 23.3 Å². The van der Waals surface area contributed by atoms with E-state index in [4.69, 9.17) is 15.2 Å². The number of benzene rings is 3. The minimum atomic E-state index is 0.152. The molecule has 0 unspecified atom stereocenters. The highest BCUT2D eigenvalue weighted by atomic mass is 16.5. The summed E-state index contributed by atoms with van der Waals surface area (Å²) in [5.74, 6) is 9.64. The fourth-order valence-electron chi connectivity index (χ4n) is 4.90. The van der Waals surface area contributed by atoms with Crippen LogP contribution in [0.1, 0.15) is 72.4 Å². The molecule has 9 heteroatoms. The first-order chi connectivity index (χ1) is 26.6. The number of hydrogen-bond acceptors (Lipinski definition) is 9. The third-order valence-electron chi connectivity index (χ3n) is 7.46. The van der Waals surface area contributed by atoms with Gasteiger partial charge in [0.1, 0.15) is 18.2 Å².